The van der Waals surface area contributed by atoms with Crippen molar-refractivity contribution < 1.29 is 13.2 Å². The van der Waals surface area contributed by atoms with E-state index in [2.05, 4.69) is 10.0 Å². The fourth-order valence-electron chi connectivity index (χ4n) is 2.24. The molecule has 0 spiro atoms. The van der Waals surface area contributed by atoms with Crippen LogP contribution in [-0.4, -0.2) is 58.2 Å². The van der Waals surface area contributed by atoms with Gasteiger partial charge in [-0.3, -0.25) is 0 Å². The predicted octanol–water partition coefficient (Wildman–Crippen LogP) is -0.283. The molecule has 0 aromatic rings. The van der Waals surface area contributed by atoms with Gasteiger partial charge in [-0.25, -0.2) is 4.72 Å². The summed E-state index contributed by atoms with van der Waals surface area (Å²) in [5.41, 5.74) is 0. The van der Waals surface area contributed by atoms with Crippen molar-refractivity contribution in [3.05, 3.63) is 0 Å². The molecular formula is C10H22ClN3O3S. The zero-order chi connectivity index (χ0) is 12.1. The number of rotatable bonds is 5. The summed E-state index contributed by atoms with van der Waals surface area (Å²) in [6.07, 6.45) is 3.21. The molecule has 108 valence electrons. The van der Waals surface area contributed by atoms with E-state index in [-0.39, 0.29) is 12.4 Å². The number of ether oxygens (including phenoxy) is 1. The topological polar surface area (TPSA) is 70.7 Å². The van der Waals surface area contributed by atoms with Crippen LogP contribution < -0.4 is 10.0 Å². The first-order chi connectivity index (χ1) is 8.18. The molecule has 0 aromatic heterocycles. The second-order valence-electron chi connectivity index (χ2n) is 4.49. The monoisotopic (exact) mass is 299 g/mol. The molecule has 8 heteroatoms. The minimum atomic E-state index is -3.30. The van der Waals surface area contributed by atoms with Crippen LogP contribution in [0.15, 0.2) is 0 Å². The maximum Gasteiger partial charge on any atom is 0.279 e. The summed E-state index contributed by atoms with van der Waals surface area (Å²) in [6.45, 7) is 3.46. The molecule has 0 unspecified atom stereocenters. The third-order valence-corrected chi connectivity index (χ3v) is 4.86. The van der Waals surface area contributed by atoms with E-state index in [0.29, 0.717) is 38.9 Å². The lowest BCUT2D eigenvalue weighted by Gasteiger charge is -2.26. The summed E-state index contributed by atoms with van der Waals surface area (Å²) >= 11 is 0. The van der Waals surface area contributed by atoms with Crippen molar-refractivity contribution in [2.45, 2.75) is 25.3 Å². The van der Waals surface area contributed by atoms with Crippen LogP contribution in [0.3, 0.4) is 0 Å². The average Bonchev–Trinajstić information content (AvgIpc) is 2.83. The number of nitrogens with one attached hydrogen (secondary N) is 2. The van der Waals surface area contributed by atoms with Gasteiger partial charge < -0.3 is 10.1 Å². The molecule has 2 fully saturated rings. The number of hydrogen-bond donors (Lipinski definition) is 2. The number of hydrogen-bond acceptors (Lipinski definition) is 4. The maximum atomic E-state index is 11.9. The Morgan fingerprint density at radius 3 is 2.67 bits per heavy atom. The molecule has 0 aromatic carbocycles. The molecule has 0 aliphatic carbocycles. The Morgan fingerprint density at radius 1 is 1.33 bits per heavy atom. The van der Waals surface area contributed by atoms with E-state index in [0.717, 1.165) is 19.4 Å². The molecule has 1 atom stereocenters. The number of morpholine rings is 1. The smallest absolute Gasteiger partial charge is 0.279 e. The Bertz CT molecular complexity index is 327. The van der Waals surface area contributed by atoms with Crippen LogP contribution in [0.25, 0.3) is 0 Å². The maximum absolute atomic E-state index is 11.9. The van der Waals surface area contributed by atoms with E-state index in [1.54, 1.807) is 0 Å². The van der Waals surface area contributed by atoms with Crippen molar-refractivity contribution in [3.63, 3.8) is 0 Å². The van der Waals surface area contributed by atoms with Gasteiger partial charge in [0, 0.05) is 25.7 Å². The van der Waals surface area contributed by atoms with Gasteiger partial charge >= 0.3 is 0 Å². The van der Waals surface area contributed by atoms with Crippen LogP contribution in [0, 0.1) is 0 Å². The van der Waals surface area contributed by atoms with Crippen LogP contribution in [-0.2, 0) is 14.9 Å². The van der Waals surface area contributed by atoms with Gasteiger partial charge in [-0.15, -0.1) is 12.4 Å². The van der Waals surface area contributed by atoms with Crippen molar-refractivity contribution in [1.82, 2.24) is 14.3 Å². The minimum absolute atomic E-state index is 0. The van der Waals surface area contributed by atoms with E-state index in [1.165, 1.54) is 10.7 Å². The molecule has 0 amide bonds. The lowest BCUT2D eigenvalue weighted by Crippen LogP contribution is -2.47. The molecule has 2 N–H and O–H groups in total. The highest BCUT2D eigenvalue weighted by atomic mass is 35.5. The van der Waals surface area contributed by atoms with Crippen molar-refractivity contribution in [2.24, 2.45) is 0 Å². The van der Waals surface area contributed by atoms with E-state index in [9.17, 15) is 8.42 Å². The Kier molecular flexibility index (Phi) is 6.83. The Labute approximate surface area is 115 Å². The van der Waals surface area contributed by atoms with Crippen LogP contribution in [0.1, 0.15) is 19.3 Å². The first-order valence-corrected chi connectivity index (χ1v) is 7.68. The van der Waals surface area contributed by atoms with E-state index in [4.69, 9.17) is 4.74 Å². The minimum Gasteiger partial charge on any atom is -0.379 e. The van der Waals surface area contributed by atoms with Gasteiger partial charge in [0.05, 0.1) is 13.2 Å². The second kappa shape index (κ2) is 7.62. The lowest BCUT2D eigenvalue weighted by molar-refractivity contribution is 0.0725. The quantitative estimate of drug-likeness (QED) is 0.732. The summed E-state index contributed by atoms with van der Waals surface area (Å²) in [7, 11) is -3.30. The molecule has 2 heterocycles. The zero-order valence-corrected chi connectivity index (χ0v) is 12.1. The van der Waals surface area contributed by atoms with Gasteiger partial charge in [-0.2, -0.15) is 12.7 Å². The first-order valence-electron chi connectivity index (χ1n) is 6.24. The van der Waals surface area contributed by atoms with Crippen LogP contribution in [0.5, 0.6) is 0 Å². The Morgan fingerprint density at radius 2 is 2.06 bits per heavy atom. The Balaban J connectivity index is 0.00000162. The van der Waals surface area contributed by atoms with Gasteiger partial charge in [-0.05, 0) is 25.8 Å². The van der Waals surface area contributed by atoms with Crippen LogP contribution in [0.4, 0.5) is 0 Å². The van der Waals surface area contributed by atoms with E-state index >= 15 is 0 Å². The second-order valence-corrected chi connectivity index (χ2v) is 6.25. The molecule has 18 heavy (non-hydrogen) atoms. The standard InChI is InChI=1S/C10H21N3O3S.ClH/c14-17(15,13-6-8-16-9-7-13)12-5-3-10-2-1-4-11-10;/h10-12H,1-9H2;1H/t10-;/m1./s1. The summed E-state index contributed by atoms with van der Waals surface area (Å²) < 4.78 is 33.0. The van der Waals surface area contributed by atoms with Crippen LogP contribution >= 0.6 is 12.4 Å². The summed E-state index contributed by atoms with van der Waals surface area (Å²) in [4.78, 5) is 0. The first kappa shape index (κ1) is 16.1. The molecule has 2 aliphatic rings. The van der Waals surface area contributed by atoms with Gasteiger partial charge in [0.25, 0.3) is 10.2 Å². The largest absolute Gasteiger partial charge is 0.379 e. The predicted molar refractivity (Wildman–Crippen MR) is 72.2 cm³/mol. The van der Waals surface area contributed by atoms with Gasteiger partial charge in [0.1, 0.15) is 0 Å². The average molecular weight is 300 g/mol. The highest BCUT2D eigenvalue weighted by Crippen LogP contribution is 2.08. The molecule has 2 rings (SSSR count). The van der Waals surface area contributed by atoms with E-state index in [1.807, 2.05) is 0 Å². The van der Waals surface area contributed by atoms with Crippen molar-refractivity contribution in [2.75, 3.05) is 39.4 Å². The summed E-state index contributed by atoms with van der Waals surface area (Å²) in [5, 5.41) is 3.35. The number of halogens is 1. The fourth-order valence-corrected chi connectivity index (χ4v) is 3.43. The zero-order valence-electron chi connectivity index (χ0n) is 10.4. The van der Waals surface area contributed by atoms with Gasteiger partial charge in [-0.1, -0.05) is 0 Å². The molecular weight excluding hydrogens is 278 g/mol. The molecule has 0 bridgehead atoms. The summed E-state index contributed by atoms with van der Waals surface area (Å²) in [6, 6.07) is 0.474. The van der Waals surface area contributed by atoms with Gasteiger partial charge in [0.15, 0.2) is 0 Å². The van der Waals surface area contributed by atoms with Crippen molar-refractivity contribution in [1.29, 1.82) is 0 Å². The van der Waals surface area contributed by atoms with E-state index < -0.39 is 10.2 Å². The molecule has 0 radical (unpaired) electrons. The highest BCUT2D eigenvalue weighted by molar-refractivity contribution is 7.87. The molecule has 2 aliphatic heterocycles. The van der Waals surface area contributed by atoms with Crippen molar-refractivity contribution >= 4 is 22.6 Å². The highest BCUT2D eigenvalue weighted by Gasteiger charge is 2.24. The molecule has 6 nitrogen and oxygen atoms in total. The van der Waals surface area contributed by atoms with Crippen LogP contribution in [0.2, 0.25) is 0 Å². The Hall–Kier alpha value is 0.0800. The third-order valence-electron chi connectivity index (χ3n) is 3.25. The normalized spacial score (nSPS) is 25.9. The fraction of sp³-hybridized carbons (Fsp3) is 1.00. The molecule has 0 saturated carbocycles. The lowest BCUT2D eigenvalue weighted by atomic mass is 10.2. The summed E-state index contributed by atoms with van der Waals surface area (Å²) in [5.74, 6) is 0. The van der Waals surface area contributed by atoms with Gasteiger partial charge in [0.2, 0.25) is 0 Å². The van der Waals surface area contributed by atoms with Crippen molar-refractivity contribution in [3.8, 4) is 0 Å². The molecule has 2 saturated heterocycles. The number of nitrogens with zero attached hydrogens (tertiary/aromatic N) is 1. The SMILES string of the molecule is Cl.O=S(=O)(NCC[C@H]1CCCN1)N1CCOCC1. The third kappa shape index (κ3) is 4.64.